The monoisotopic (exact) mass is 620 g/mol. The molecule has 4 bridgehead atoms. The summed E-state index contributed by atoms with van der Waals surface area (Å²) in [5, 5.41) is 1.06. The van der Waals surface area contributed by atoms with Crippen LogP contribution in [0.3, 0.4) is 0 Å². The van der Waals surface area contributed by atoms with E-state index in [1.165, 1.54) is 19.0 Å². The fourth-order valence-corrected chi connectivity index (χ4v) is 8.60. The third-order valence-corrected chi connectivity index (χ3v) is 11.8. The maximum Gasteiger partial charge on any atom is 0.303 e. The second-order valence-corrected chi connectivity index (χ2v) is 14.7. The molecule has 2 fully saturated rings. The van der Waals surface area contributed by atoms with Gasteiger partial charge >= 0.3 is 10.2 Å². The zero-order chi connectivity index (χ0) is 30.8. The van der Waals surface area contributed by atoms with Gasteiger partial charge < -0.3 is 18.9 Å². The van der Waals surface area contributed by atoms with E-state index in [9.17, 15) is 18.0 Å². The van der Waals surface area contributed by atoms with E-state index in [0.717, 1.165) is 69.9 Å². The fourth-order valence-electron chi connectivity index (χ4n) is 7.77. The van der Waals surface area contributed by atoms with Crippen LogP contribution in [0.4, 0.5) is 0 Å². The van der Waals surface area contributed by atoms with Gasteiger partial charge in [-0.25, -0.2) is 4.72 Å². The van der Waals surface area contributed by atoms with E-state index in [-0.39, 0.29) is 37.1 Å². The van der Waals surface area contributed by atoms with Gasteiger partial charge in [0.25, 0.3) is 5.91 Å². The number of ether oxygens (including phenoxy) is 2. The standard InChI is InChI=1S/C33H40N4O6S/c1-35-13-15-43-16-14-36(2)44(40,41)34-31(38)22-9-11-25-28(17-22)37-20-33(32(35)39)19-27(33)26-18-23(42-3)10-12-24(26)30(37)29(25)21-7-5-4-6-8-21/h9-12,17-18,21,27H,4-8,13-16,19-20H2,1-3H3,(H,34,38)/t27?,33-/m0/s1. The van der Waals surface area contributed by atoms with Crippen molar-refractivity contribution in [3.05, 3.63) is 53.1 Å². The molecule has 2 atom stereocenters. The molecule has 2 saturated carbocycles. The number of nitrogens with zero attached hydrogens (tertiary/aromatic N) is 3. The summed E-state index contributed by atoms with van der Waals surface area (Å²) in [7, 11) is 0.821. The van der Waals surface area contributed by atoms with Crippen molar-refractivity contribution < 1.29 is 27.5 Å². The van der Waals surface area contributed by atoms with Crippen molar-refractivity contribution in [2.24, 2.45) is 5.41 Å². The molecule has 11 heteroatoms. The molecule has 2 amide bonds. The SMILES string of the molecule is COc1ccc2c(c1)C1C[C@]13Cn1c-2c(C2CCCCC2)c2ccc(cc21)C(=O)NS(=O)(=O)N(C)CCOCCN(C)C3=O. The molecule has 0 saturated heterocycles. The van der Waals surface area contributed by atoms with Gasteiger partial charge in [0.1, 0.15) is 5.75 Å². The number of methoxy groups -OCH3 is 1. The Morgan fingerprint density at radius 3 is 2.55 bits per heavy atom. The van der Waals surface area contributed by atoms with E-state index in [2.05, 4.69) is 21.4 Å². The molecule has 7 rings (SSSR count). The van der Waals surface area contributed by atoms with E-state index in [1.54, 1.807) is 18.1 Å². The first-order valence-corrected chi connectivity index (χ1v) is 17.0. The van der Waals surface area contributed by atoms with Crippen LogP contribution < -0.4 is 9.46 Å². The first kappa shape index (κ1) is 29.3. The highest BCUT2D eigenvalue weighted by molar-refractivity contribution is 7.87. The summed E-state index contributed by atoms with van der Waals surface area (Å²) in [5.41, 5.74) is 5.08. The predicted molar refractivity (Wildman–Crippen MR) is 167 cm³/mol. The van der Waals surface area contributed by atoms with Crippen LogP contribution in [0.15, 0.2) is 36.4 Å². The Bertz CT molecular complexity index is 1760. The number of nitrogens with one attached hydrogen (secondary N) is 1. The Morgan fingerprint density at radius 1 is 1.00 bits per heavy atom. The summed E-state index contributed by atoms with van der Waals surface area (Å²) in [6.07, 6.45) is 6.44. The van der Waals surface area contributed by atoms with Gasteiger partial charge in [-0.05, 0) is 66.6 Å². The first-order chi connectivity index (χ1) is 21.1. The summed E-state index contributed by atoms with van der Waals surface area (Å²) in [6.45, 7) is 1.35. The minimum atomic E-state index is -4.08. The number of rotatable bonds is 2. The number of benzene rings is 2. The van der Waals surface area contributed by atoms with Gasteiger partial charge in [0.2, 0.25) is 5.91 Å². The largest absolute Gasteiger partial charge is 0.497 e. The van der Waals surface area contributed by atoms with Gasteiger partial charge in [-0.2, -0.15) is 12.7 Å². The van der Waals surface area contributed by atoms with Crippen LogP contribution in [0.25, 0.3) is 22.2 Å². The second-order valence-electron chi connectivity index (χ2n) is 12.9. The van der Waals surface area contributed by atoms with Crippen molar-refractivity contribution in [3.63, 3.8) is 0 Å². The summed E-state index contributed by atoms with van der Waals surface area (Å²) in [4.78, 5) is 29.5. The van der Waals surface area contributed by atoms with Gasteiger partial charge in [-0.15, -0.1) is 0 Å². The van der Waals surface area contributed by atoms with Crippen LogP contribution in [0, 0.1) is 5.41 Å². The van der Waals surface area contributed by atoms with Crippen LogP contribution in [-0.4, -0.2) is 81.5 Å². The molecule has 0 radical (unpaired) electrons. The number of hydrogen-bond acceptors (Lipinski definition) is 6. The van der Waals surface area contributed by atoms with Crippen molar-refractivity contribution in [1.29, 1.82) is 0 Å². The number of likely N-dealkylation sites (N-methyl/N-ethyl adjacent to an activating group) is 2. The van der Waals surface area contributed by atoms with E-state index in [1.807, 2.05) is 25.2 Å². The third-order valence-electron chi connectivity index (χ3n) is 10.3. The molecule has 3 aromatic rings. The molecule has 1 aromatic heterocycles. The molecule has 4 aliphatic rings. The Kier molecular flexibility index (Phi) is 7.25. The average Bonchev–Trinajstić information content (AvgIpc) is 3.69. The van der Waals surface area contributed by atoms with Crippen molar-refractivity contribution in [3.8, 4) is 17.0 Å². The molecule has 1 unspecified atom stereocenters. The summed E-state index contributed by atoms with van der Waals surface area (Å²) in [6, 6.07) is 11.7. The lowest BCUT2D eigenvalue weighted by molar-refractivity contribution is -0.137. The third kappa shape index (κ3) is 4.71. The van der Waals surface area contributed by atoms with Crippen LogP contribution in [0.1, 0.15) is 71.8 Å². The normalized spacial score (nSPS) is 26.2. The van der Waals surface area contributed by atoms with E-state index >= 15 is 0 Å². The van der Waals surface area contributed by atoms with Crippen molar-refractivity contribution in [1.82, 2.24) is 18.5 Å². The number of fused-ring (bicyclic) bond motifs is 4. The van der Waals surface area contributed by atoms with Crippen molar-refractivity contribution in [2.75, 3.05) is 47.5 Å². The number of carbonyl (C=O) groups excluding carboxylic acids is 2. The van der Waals surface area contributed by atoms with Gasteiger partial charge in [0, 0.05) is 61.7 Å². The lowest BCUT2D eigenvalue weighted by Crippen LogP contribution is -2.43. The van der Waals surface area contributed by atoms with Crippen LogP contribution in [0.2, 0.25) is 0 Å². The van der Waals surface area contributed by atoms with E-state index in [0.29, 0.717) is 19.0 Å². The van der Waals surface area contributed by atoms with Gasteiger partial charge in [0.15, 0.2) is 0 Å². The highest BCUT2D eigenvalue weighted by Gasteiger charge is 2.63. The molecule has 10 nitrogen and oxygen atoms in total. The smallest absolute Gasteiger partial charge is 0.303 e. The second kappa shape index (κ2) is 10.9. The first-order valence-electron chi connectivity index (χ1n) is 15.6. The Balaban J connectivity index is 1.48. The predicted octanol–water partition coefficient (Wildman–Crippen LogP) is 4.25. The van der Waals surface area contributed by atoms with E-state index < -0.39 is 21.5 Å². The summed E-state index contributed by atoms with van der Waals surface area (Å²) >= 11 is 0. The molecule has 1 spiro atoms. The molecule has 2 aliphatic heterocycles. The summed E-state index contributed by atoms with van der Waals surface area (Å²) < 4.78 is 43.0. The van der Waals surface area contributed by atoms with Crippen molar-refractivity contribution >= 4 is 32.9 Å². The minimum absolute atomic E-state index is 0.0324. The molecule has 234 valence electrons. The quantitative estimate of drug-likeness (QED) is 0.459. The van der Waals surface area contributed by atoms with Gasteiger partial charge in [-0.3, -0.25) is 9.59 Å². The molecule has 3 heterocycles. The van der Waals surface area contributed by atoms with Gasteiger partial charge in [-0.1, -0.05) is 25.3 Å². The minimum Gasteiger partial charge on any atom is -0.497 e. The zero-order valence-electron chi connectivity index (χ0n) is 25.6. The van der Waals surface area contributed by atoms with Crippen molar-refractivity contribution in [2.45, 2.75) is 56.9 Å². The Morgan fingerprint density at radius 2 is 1.77 bits per heavy atom. The topological polar surface area (TPSA) is 110 Å². The highest BCUT2D eigenvalue weighted by Crippen LogP contribution is 2.66. The number of hydrogen-bond donors (Lipinski definition) is 1. The zero-order valence-corrected chi connectivity index (χ0v) is 26.4. The molecule has 44 heavy (non-hydrogen) atoms. The molecular formula is C33H40N4O6S. The molecule has 2 aromatic carbocycles. The number of aromatic nitrogens is 1. The highest BCUT2D eigenvalue weighted by atomic mass is 32.2. The number of amides is 2. The fraction of sp³-hybridized carbons (Fsp3) is 0.515. The van der Waals surface area contributed by atoms with E-state index in [4.69, 9.17) is 9.47 Å². The number of carbonyl (C=O) groups is 2. The Labute approximate surface area is 258 Å². The lowest BCUT2D eigenvalue weighted by Gasteiger charge is -2.25. The maximum absolute atomic E-state index is 14.3. The average molecular weight is 621 g/mol. The van der Waals surface area contributed by atoms with Crippen LogP contribution in [0.5, 0.6) is 5.75 Å². The Hall–Kier alpha value is -3.41. The molecule has 2 aliphatic carbocycles. The van der Waals surface area contributed by atoms with Crippen LogP contribution in [-0.2, 0) is 26.3 Å². The lowest BCUT2D eigenvalue weighted by atomic mass is 9.81. The van der Waals surface area contributed by atoms with Crippen LogP contribution >= 0.6 is 0 Å². The maximum atomic E-state index is 14.3. The molecular weight excluding hydrogens is 580 g/mol. The molecule has 1 N–H and O–H groups in total. The summed E-state index contributed by atoms with van der Waals surface area (Å²) in [5.74, 6) is 0.538. The van der Waals surface area contributed by atoms with Gasteiger partial charge in [0.05, 0.1) is 31.4 Å².